The van der Waals surface area contributed by atoms with Crippen molar-refractivity contribution in [3.63, 3.8) is 0 Å². The molecule has 0 spiro atoms. The van der Waals surface area contributed by atoms with E-state index < -0.39 is 0 Å². The van der Waals surface area contributed by atoms with Crippen molar-refractivity contribution in [3.05, 3.63) is 147 Å². The first-order valence-corrected chi connectivity index (χ1v) is 16.4. The molecule has 0 N–H and O–H groups in total. The van der Waals surface area contributed by atoms with Crippen molar-refractivity contribution >= 4 is 45.7 Å². The third kappa shape index (κ3) is 5.48. The molecule has 0 saturated heterocycles. The van der Waals surface area contributed by atoms with Gasteiger partial charge in [-0.3, -0.25) is 9.36 Å². The number of ether oxygens (including phenoxy) is 3. The third-order valence-electron chi connectivity index (χ3n) is 8.16. The molecule has 1 aromatic heterocycles. The lowest BCUT2D eigenvalue weighted by Crippen LogP contribution is -2.38. The van der Waals surface area contributed by atoms with Gasteiger partial charge >= 0.3 is 0 Å². The van der Waals surface area contributed by atoms with Crippen molar-refractivity contribution < 1.29 is 18.6 Å². The number of benzene rings is 4. The van der Waals surface area contributed by atoms with Gasteiger partial charge in [-0.1, -0.05) is 65.9 Å². The zero-order valence-electron chi connectivity index (χ0n) is 24.6. The maximum atomic E-state index is 14.2. The highest BCUT2D eigenvalue weighted by Gasteiger charge is 2.32. The van der Waals surface area contributed by atoms with Gasteiger partial charge in [0.1, 0.15) is 18.2 Å². The number of halogens is 2. The molecule has 9 heteroatoms. The number of nitrogens with zero attached hydrogens (tertiary/aromatic N) is 2. The molecule has 0 saturated carbocycles. The monoisotopic (exact) mass is 730 g/mol. The molecule has 2 heterocycles. The lowest BCUT2D eigenvalue weighted by atomic mass is 9.83. The Labute approximate surface area is 276 Å². The van der Waals surface area contributed by atoms with Crippen LogP contribution < -0.4 is 29.1 Å². The van der Waals surface area contributed by atoms with Gasteiger partial charge in [0.15, 0.2) is 16.3 Å². The Morgan fingerprint density at radius 3 is 2.64 bits per heavy atom. The summed E-state index contributed by atoms with van der Waals surface area (Å²) in [5, 5.41) is 0. The van der Waals surface area contributed by atoms with Crippen LogP contribution in [-0.2, 0) is 13.0 Å². The van der Waals surface area contributed by atoms with E-state index in [0.717, 1.165) is 50.1 Å². The van der Waals surface area contributed by atoms with Crippen LogP contribution in [-0.4, -0.2) is 18.8 Å². The van der Waals surface area contributed by atoms with E-state index in [4.69, 9.17) is 19.2 Å². The summed E-state index contributed by atoms with van der Waals surface area (Å²) in [7, 11) is 3.22. The van der Waals surface area contributed by atoms with E-state index in [1.165, 1.54) is 23.0 Å². The van der Waals surface area contributed by atoms with Crippen LogP contribution in [0, 0.1) is 9.39 Å². The molecule has 7 rings (SSSR count). The van der Waals surface area contributed by atoms with Gasteiger partial charge in [0, 0.05) is 11.1 Å². The van der Waals surface area contributed by atoms with Crippen LogP contribution in [0.25, 0.3) is 11.8 Å². The molecule has 226 valence electrons. The zero-order chi connectivity index (χ0) is 31.1. The molecule has 0 radical (unpaired) electrons. The van der Waals surface area contributed by atoms with E-state index in [2.05, 4.69) is 40.8 Å². The number of fused-ring (bicyclic) bond motifs is 3. The molecule has 0 amide bonds. The van der Waals surface area contributed by atoms with E-state index in [0.29, 0.717) is 26.4 Å². The van der Waals surface area contributed by atoms with E-state index in [9.17, 15) is 9.18 Å². The predicted octanol–water partition coefficient (Wildman–Crippen LogP) is 6.66. The Hall–Kier alpha value is -4.22. The van der Waals surface area contributed by atoms with Crippen molar-refractivity contribution in [2.45, 2.75) is 25.5 Å². The van der Waals surface area contributed by atoms with Gasteiger partial charge in [-0.2, -0.15) is 0 Å². The minimum Gasteiger partial charge on any atom is -0.497 e. The number of thiazole rings is 1. The van der Waals surface area contributed by atoms with Crippen molar-refractivity contribution in [2.24, 2.45) is 4.99 Å². The fourth-order valence-corrected chi connectivity index (χ4v) is 7.80. The molecule has 45 heavy (non-hydrogen) atoms. The van der Waals surface area contributed by atoms with Crippen LogP contribution in [0.2, 0.25) is 0 Å². The maximum Gasteiger partial charge on any atom is 0.271 e. The Bertz CT molecular complexity index is 2170. The molecule has 5 aromatic rings. The molecule has 6 nitrogen and oxygen atoms in total. The summed E-state index contributed by atoms with van der Waals surface area (Å²) in [4.78, 5) is 20.0. The number of aromatic nitrogens is 1. The number of methoxy groups -OCH3 is 2. The van der Waals surface area contributed by atoms with Gasteiger partial charge in [0.05, 0.1) is 34.1 Å². The number of rotatable bonds is 7. The number of hydrogen-bond acceptors (Lipinski definition) is 6. The highest BCUT2D eigenvalue weighted by molar-refractivity contribution is 14.1. The average molecular weight is 731 g/mol. The predicted molar refractivity (Wildman–Crippen MR) is 182 cm³/mol. The lowest BCUT2D eigenvalue weighted by Gasteiger charge is -2.31. The largest absolute Gasteiger partial charge is 0.497 e. The fraction of sp³-hybridized carbons (Fsp3) is 0.167. The van der Waals surface area contributed by atoms with Crippen molar-refractivity contribution in [2.75, 3.05) is 14.2 Å². The molecule has 4 aromatic carbocycles. The van der Waals surface area contributed by atoms with Crippen molar-refractivity contribution in [1.82, 2.24) is 4.57 Å². The fourth-order valence-electron chi connectivity index (χ4n) is 6.01. The van der Waals surface area contributed by atoms with Gasteiger partial charge in [0.25, 0.3) is 5.56 Å². The van der Waals surface area contributed by atoms with Crippen LogP contribution in [0.4, 0.5) is 4.39 Å². The number of hydrogen-bond donors (Lipinski definition) is 0. The smallest absolute Gasteiger partial charge is 0.271 e. The second-order valence-corrected chi connectivity index (χ2v) is 13.0. The summed E-state index contributed by atoms with van der Waals surface area (Å²) in [6.45, 7) is 0.0645. The van der Waals surface area contributed by atoms with Gasteiger partial charge in [-0.25, -0.2) is 9.38 Å². The van der Waals surface area contributed by atoms with Gasteiger partial charge < -0.3 is 14.2 Å². The Kier molecular flexibility index (Phi) is 8.05. The first kappa shape index (κ1) is 29.5. The molecule has 1 atom stereocenters. The molecular weight excluding hydrogens is 702 g/mol. The van der Waals surface area contributed by atoms with E-state index in [1.54, 1.807) is 32.4 Å². The first-order chi connectivity index (χ1) is 21.9. The quantitative estimate of drug-likeness (QED) is 0.176. The molecule has 0 bridgehead atoms. The highest BCUT2D eigenvalue weighted by Crippen LogP contribution is 2.42. The highest BCUT2D eigenvalue weighted by atomic mass is 127. The van der Waals surface area contributed by atoms with Crippen LogP contribution in [0.5, 0.6) is 17.2 Å². The summed E-state index contributed by atoms with van der Waals surface area (Å²) in [6.07, 6.45) is 3.57. The Morgan fingerprint density at radius 1 is 1.00 bits per heavy atom. The van der Waals surface area contributed by atoms with Crippen molar-refractivity contribution in [1.29, 1.82) is 0 Å². The molecular formula is C36H28FIN2O4S. The van der Waals surface area contributed by atoms with Crippen LogP contribution in [0.1, 0.15) is 40.3 Å². The van der Waals surface area contributed by atoms with Crippen LogP contribution in [0.3, 0.4) is 0 Å². The minimum absolute atomic E-state index is 0.0645. The normalized spacial score (nSPS) is 15.6. The van der Waals surface area contributed by atoms with Crippen LogP contribution >= 0.6 is 33.9 Å². The molecule has 1 aliphatic heterocycles. The Morgan fingerprint density at radius 2 is 1.82 bits per heavy atom. The molecule has 0 fully saturated rings. The summed E-state index contributed by atoms with van der Waals surface area (Å²) in [5.74, 6) is 1.43. The Balaban J connectivity index is 1.34. The van der Waals surface area contributed by atoms with E-state index in [1.807, 2.05) is 53.1 Å². The van der Waals surface area contributed by atoms with E-state index >= 15 is 0 Å². The number of aryl methyl sites for hydroxylation is 1. The summed E-state index contributed by atoms with van der Waals surface area (Å²) in [6, 6.07) is 26.3. The van der Waals surface area contributed by atoms with Gasteiger partial charge in [-0.15, -0.1) is 0 Å². The number of allylic oxidation sites excluding steroid dienone is 1. The zero-order valence-corrected chi connectivity index (χ0v) is 27.5. The van der Waals surface area contributed by atoms with Crippen molar-refractivity contribution in [3.8, 4) is 17.2 Å². The van der Waals surface area contributed by atoms with Crippen LogP contribution in [0.15, 0.2) is 100 Å². The topological polar surface area (TPSA) is 62.0 Å². The first-order valence-electron chi connectivity index (χ1n) is 14.5. The standard InChI is InChI=1S/C36H28FIN2O4S/c1-42-25-11-7-10-23(19-25)33-27-15-14-22-8-3-5-12-26(22)32(27)39-36-40(33)35(41)31(45-36)18-21-16-29(38)34(30(17-21)43-2)44-20-24-9-4-6-13-28(24)37/h3-13,16-19,33H,14-15,20H2,1-2H3/b31-18+/t33-/m0/s1. The summed E-state index contributed by atoms with van der Waals surface area (Å²) >= 11 is 3.55. The molecule has 1 aliphatic carbocycles. The summed E-state index contributed by atoms with van der Waals surface area (Å²) in [5.41, 5.74) is 6.58. The maximum absolute atomic E-state index is 14.2. The molecule has 2 aliphatic rings. The summed E-state index contributed by atoms with van der Waals surface area (Å²) < 4.78 is 34.6. The van der Waals surface area contributed by atoms with Gasteiger partial charge in [0.2, 0.25) is 0 Å². The third-order valence-corrected chi connectivity index (χ3v) is 9.95. The van der Waals surface area contributed by atoms with Gasteiger partial charge in [-0.05, 0) is 94.1 Å². The average Bonchev–Trinajstić information content (AvgIpc) is 3.37. The van der Waals surface area contributed by atoms with E-state index in [-0.39, 0.29) is 24.0 Å². The second-order valence-electron chi connectivity index (χ2n) is 10.8. The molecule has 0 unspecified atom stereocenters. The lowest BCUT2D eigenvalue weighted by molar-refractivity contribution is 0.277. The SMILES string of the molecule is COc1cccc([C@H]2C3=C(N=c4s/c(=C/c5cc(I)c(OCc6ccccc6F)c(OC)c5)c(=O)n42)c2ccccc2CC3)c1. The second kappa shape index (κ2) is 12.3. The minimum atomic E-state index is -0.323.